The molecule has 0 aliphatic heterocycles. The first-order valence-corrected chi connectivity index (χ1v) is 10.4. The van der Waals surface area contributed by atoms with Gasteiger partial charge in [-0.25, -0.2) is 13.8 Å². The van der Waals surface area contributed by atoms with E-state index in [0.29, 0.717) is 11.3 Å². The molecule has 1 saturated carbocycles. The van der Waals surface area contributed by atoms with Crippen LogP contribution in [0.4, 0.5) is 8.78 Å². The Labute approximate surface area is 171 Å². The van der Waals surface area contributed by atoms with Crippen molar-refractivity contribution in [1.82, 2.24) is 9.38 Å². The zero-order valence-electron chi connectivity index (χ0n) is 15.9. The maximum atomic E-state index is 13.6. The maximum absolute atomic E-state index is 13.6. The second kappa shape index (κ2) is 7.32. The molecular weight excluding hydrogens is 394 g/mol. The molecule has 2 aromatic heterocycles. The molecule has 4 rings (SSSR count). The van der Waals surface area contributed by atoms with Crippen molar-refractivity contribution in [3.05, 3.63) is 48.3 Å². The Hall–Kier alpha value is -2.63. The van der Waals surface area contributed by atoms with Gasteiger partial charge >= 0.3 is 0 Å². The number of thioether (sulfide) groups is 1. The zero-order valence-corrected chi connectivity index (χ0v) is 16.7. The molecule has 1 atom stereocenters. The van der Waals surface area contributed by atoms with Crippen LogP contribution in [0.25, 0.3) is 16.9 Å². The lowest BCUT2D eigenvalue weighted by Gasteiger charge is -2.24. The van der Waals surface area contributed by atoms with E-state index in [9.17, 15) is 14.0 Å². The van der Waals surface area contributed by atoms with Gasteiger partial charge in [-0.15, -0.1) is 11.8 Å². The average Bonchev–Trinajstić information content (AvgIpc) is 3.26. The number of imidazole rings is 1. The number of hydrogen-bond acceptors (Lipinski definition) is 5. The van der Waals surface area contributed by atoms with Crippen molar-refractivity contribution in [2.45, 2.75) is 35.6 Å². The number of nitriles is 1. The fourth-order valence-corrected chi connectivity index (χ4v) is 4.33. The highest BCUT2D eigenvalue weighted by atomic mass is 32.2. The topological polar surface area (TPSA) is 76.3 Å². The highest BCUT2D eigenvalue weighted by Gasteiger charge is 2.47. The Morgan fingerprint density at radius 1 is 1.34 bits per heavy atom. The van der Waals surface area contributed by atoms with E-state index in [2.05, 4.69) is 11.1 Å². The van der Waals surface area contributed by atoms with Gasteiger partial charge in [-0.05, 0) is 36.9 Å². The summed E-state index contributed by atoms with van der Waals surface area (Å²) in [5, 5.41) is 9.65. The lowest BCUT2D eigenvalue weighted by Crippen LogP contribution is -2.44. The van der Waals surface area contributed by atoms with Gasteiger partial charge in [0, 0.05) is 29.5 Å². The van der Waals surface area contributed by atoms with Crippen molar-refractivity contribution in [3.8, 4) is 23.1 Å². The summed E-state index contributed by atoms with van der Waals surface area (Å²) in [4.78, 5) is 5.15. The number of benzene rings is 1. The van der Waals surface area contributed by atoms with Crippen molar-refractivity contribution in [2.75, 3.05) is 12.9 Å². The minimum Gasteiger partial charge on any atom is -0.490 e. The van der Waals surface area contributed by atoms with E-state index in [1.807, 2.05) is 41.1 Å². The molecule has 1 aliphatic rings. The molecule has 0 unspecified atom stereocenters. The maximum Gasteiger partial charge on any atom is 0.250 e. The monoisotopic (exact) mass is 414 g/mol. The second-order valence-electron chi connectivity index (χ2n) is 7.42. The first-order chi connectivity index (χ1) is 13.8. The van der Waals surface area contributed by atoms with Gasteiger partial charge < -0.3 is 10.5 Å². The summed E-state index contributed by atoms with van der Waals surface area (Å²) in [6.45, 7) is -0.0678. The second-order valence-corrected chi connectivity index (χ2v) is 8.27. The first kappa shape index (κ1) is 19.7. The van der Waals surface area contributed by atoms with Gasteiger partial charge in [-0.1, -0.05) is 6.07 Å². The van der Waals surface area contributed by atoms with Crippen molar-refractivity contribution in [3.63, 3.8) is 0 Å². The number of nitrogens with zero attached hydrogens (tertiary/aromatic N) is 3. The summed E-state index contributed by atoms with van der Waals surface area (Å²) >= 11 is 1.42. The zero-order chi connectivity index (χ0) is 20.6. The molecule has 8 heteroatoms. The van der Waals surface area contributed by atoms with Crippen molar-refractivity contribution >= 4 is 17.4 Å². The van der Waals surface area contributed by atoms with Crippen LogP contribution in [0.15, 0.2) is 47.6 Å². The number of pyridine rings is 1. The average molecular weight is 414 g/mol. The summed E-state index contributed by atoms with van der Waals surface area (Å²) in [6, 6.07) is 11.6. The summed E-state index contributed by atoms with van der Waals surface area (Å²) < 4.78 is 35.1. The lowest BCUT2D eigenvalue weighted by molar-refractivity contribution is 0.000376. The molecule has 150 valence electrons. The van der Waals surface area contributed by atoms with Gasteiger partial charge in [0.25, 0.3) is 0 Å². The standard InChI is InChI=1S/C21H20F2N4OS/c1-29-18-9-14(16-11-26-19-4-2-3-7-27(16)19)8-17(15(18)10-24)28-13-20(25)5-6-21(22,23)12-20/h2-4,7-9,11H,5-6,12-13,25H2,1H3/t20-/m1/s1. The van der Waals surface area contributed by atoms with Crippen LogP contribution in [0.2, 0.25) is 0 Å². The Kier molecular flexibility index (Phi) is 4.97. The molecule has 0 amide bonds. The van der Waals surface area contributed by atoms with Gasteiger partial charge in [0.15, 0.2) is 0 Å². The minimum absolute atomic E-state index is 0.0678. The summed E-state index contributed by atoms with van der Waals surface area (Å²) in [5.41, 5.74) is 7.89. The summed E-state index contributed by atoms with van der Waals surface area (Å²) in [6.07, 6.45) is 5.07. The molecule has 1 aliphatic carbocycles. The van der Waals surface area contributed by atoms with E-state index in [-0.39, 0.29) is 19.4 Å². The SMILES string of the molecule is CSc1cc(-c2cnc3ccccn23)cc(OC[C@@]2(N)CCC(F)(F)C2)c1C#N. The predicted octanol–water partition coefficient (Wildman–Crippen LogP) is 4.49. The molecule has 0 spiro atoms. The van der Waals surface area contributed by atoms with Crippen LogP contribution in [-0.2, 0) is 0 Å². The van der Waals surface area contributed by atoms with Gasteiger partial charge in [0.05, 0.1) is 17.4 Å². The molecule has 0 bridgehead atoms. The molecule has 29 heavy (non-hydrogen) atoms. The number of nitrogens with two attached hydrogens (primary N) is 1. The molecule has 2 N–H and O–H groups in total. The third-order valence-electron chi connectivity index (χ3n) is 5.22. The van der Waals surface area contributed by atoms with E-state index < -0.39 is 17.9 Å². The first-order valence-electron chi connectivity index (χ1n) is 9.18. The van der Waals surface area contributed by atoms with Crippen LogP contribution >= 0.6 is 11.8 Å². The van der Waals surface area contributed by atoms with Crippen molar-refractivity contribution in [2.24, 2.45) is 5.73 Å². The van der Waals surface area contributed by atoms with Gasteiger partial charge in [0.2, 0.25) is 5.92 Å². The van der Waals surface area contributed by atoms with E-state index in [4.69, 9.17) is 10.5 Å². The molecule has 0 saturated heterocycles. The van der Waals surface area contributed by atoms with E-state index in [0.717, 1.165) is 21.8 Å². The van der Waals surface area contributed by atoms with E-state index in [1.165, 1.54) is 11.8 Å². The number of hydrogen-bond donors (Lipinski definition) is 1. The summed E-state index contributed by atoms with van der Waals surface area (Å²) in [7, 11) is 0. The number of fused-ring (bicyclic) bond motifs is 1. The predicted molar refractivity (Wildman–Crippen MR) is 108 cm³/mol. The number of rotatable bonds is 5. The van der Waals surface area contributed by atoms with Crippen LogP contribution < -0.4 is 10.5 Å². The van der Waals surface area contributed by atoms with Gasteiger partial charge in [-0.3, -0.25) is 4.40 Å². The van der Waals surface area contributed by atoms with Crippen LogP contribution in [0, 0.1) is 11.3 Å². The van der Waals surface area contributed by atoms with Crippen LogP contribution in [0.1, 0.15) is 24.8 Å². The Morgan fingerprint density at radius 3 is 2.86 bits per heavy atom. The van der Waals surface area contributed by atoms with Gasteiger partial charge in [0.1, 0.15) is 29.6 Å². The number of aromatic nitrogens is 2. The fourth-order valence-electron chi connectivity index (χ4n) is 3.74. The van der Waals surface area contributed by atoms with Crippen molar-refractivity contribution in [1.29, 1.82) is 5.26 Å². The molecule has 1 fully saturated rings. The minimum atomic E-state index is -2.76. The molecule has 2 heterocycles. The molecule has 5 nitrogen and oxygen atoms in total. The normalized spacial score (nSPS) is 20.7. The highest BCUT2D eigenvalue weighted by molar-refractivity contribution is 7.98. The lowest BCUT2D eigenvalue weighted by atomic mass is 10.0. The van der Waals surface area contributed by atoms with Crippen molar-refractivity contribution < 1.29 is 13.5 Å². The Bertz CT molecular complexity index is 1110. The highest BCUT2D eigenvalue weighted by Crippen LogP contribution is 2.41. The van der Waals surface area contributed by atoms with Gasteiger partial charge in [-0.2, -0.15) is 5.26 Å². The number of ether oxygens (including phenoxy) is 1. The Morgan fingerprint density at radius 2 is 2.17 bits per heavy atom. The third kappa shape index (κ3) is 3.80. The number of halogens is 2. The largest absolute Gasteiger partial charge is 0.490 e. The van der Waals surface area contributed by atoms with E-state index >= 15 is 0 Å². The summed E-state index contributed by atoms with van der Waals surface area (Å²) in [5.74, 6) is -2.42. The van der Waals surface area contributed by atoms with Crippen LogP contribution in [0.5, 0.6) is 5.75 Å². The molecule has 1 aromatic carbocycles. The Balaban J connectivity index is 1.71. The smallest absolute Gasteiger partial charge is 0.250 e. The fraction of sp³-hybridized carbons (Fsp3) is 0.333. The van der Waals surface area contributed by atoms with E-state index in [1.54, 1.807) is 12.3 Å². The quantitative estimate of drug-likeness (QED) is 0.623. The van der Waals surface area contributed by atoms with Crippen LogP contribution in [-0.4, -0.2) is 33.7 Å². The number of alkyl halides is 2. The molecule has 0 radical (unpaired) electrons. The van der Waals surface area contributed by atoms with Crippen LogP contribution in [0.3, 0.4) is 0 Å². The molecular formula is C21H20F2N4OS. The molecule has 3 aromatic rings. The third-order valence-corrected chi connectivity index (χ3v) is 5.99.